The fourth-order valence-electron chi connectivity index (χ4n) is 0.967. The topological polar surface area (TPSA) is 54.5 Å². The average Bonchev–Trinajstić information content (AvgIpc) is 2.53. The minimum atomic E-state index is -0.667. The maximum absolute atomic E-state index is 12.7. The minimum absolute atomic E-state index is 0.165. The zero-order valence-electron chi connectivity index (χ0n) is 6.33. The van der Waals surface area contributed by atoms with E-state index >= 15 is 0 Å². The summed E-state index contributed by atoms with van der Waals surface area (Å²) in [6.45, 7) is 0. The summed E-state index contributed by atoms with van der Waals surface area (Å²) in [5, 5.41) is 12.6. The Morgan fingerprint density at radius 1 is 1.08 bits per heavy atom. The fourth-order valence-corrected chi connectivity index (χ4v) is 0.967. The normalized spacial score (nSPS) is 10.3. The van der Waals surface area contributed by atoms with Crippen LogP contribution in [0.5, 0.6) is 0 Å². The molecule has 2 rings (SSSR count). The second-order valence-electron chi connectivity index (χ2n) is 2.39. The van der Waals surface area contributed by atoms with E-state index in [9.17, 15) is 8.78 Å². The van der Waals surface area contributed by atoms with Crippen LogP contribution >= 0.6 is 0 Å². The van der Waals surface area contributed by atoms with Gasteiger partial charge in [-0.25, -0.2) is 8.78 Å². The zero-order valence-corrected chi connectivity index (χ0v) is 6.33. The summed E-state index contributed by atoms with van der Waals surface area (Å²) >= 11 is 0. The van der Waals surface area contributed by atoms with Crippen molar-refractivity contribution in [2.45, 2.75) is 0 Å². The van der Waals surface area contributed by atoms with Gasteiger partial charge in [0.15, 0.2) is 0 Å². The van der Waals surface area contributed by atoms with E-state index in [0.717, 1.165) is 18.2 Å². The number of nitrogens with one attached hydrogen (secondary N) is 1. The molecule has 0 amide bonds. The Hall–Kier alpha value is -1.85. The summed E-state index contributed by atoms with van der Waals surface area (Å²) in [5.41, 5.74) is 0.256. The molecule has 1 aromatic carbocycles. The summed E-state index contributed by atoms with van der Waals surface area (Å²) in [5.74, 6) is -1.17. The lowest BCUT2D eigenvalue weighted by molar-refractivity contribution is 0.584. The first kappa shape index (κ1) is 7.78. The number of H-pyrrole nitrogens is 1. The largest absolute Gasteiger partial charge is 0.207 e. The van der Waals surface area contributed by atoms with E-state index < -0.39 is 11.6 Å². The number of rotatable bonds is 1. The number of aromatic nitrogens is 4. The summed E-state index contributed by atoms with van der Waals surface area (Å²) in [6, 6.07) is 3.05. The smallest absolute Gasteiger partial charge is 0.204 e. The molecule has 0 saturated heterocycles. The van der Waals surface area contributed by atoms with Gasteiger partial charge in [-0.2, -0.15) is 5.21 Å². The molecule has 0 bridgehead atoms. The van der Waals surface area contributed by atoms with Gasteiger partial charge >= 0.3 is 0 Å². The van der Waals surface area contributed by atoms with Crippen molar-refractivity contribution in [1.82, 2.24) is 20.6 Å². The number of benzene rings is 1. The fraction of sp³-hybridized carbons (Fsp3) is 0. The van der Waals surface area contributed by atoms with Crippen LogP contribution < -0.4 is 0 Å². The van der Waals surface area contributed by atoms with Crippen LogP contribution in [0.25, 0.3) is 11.4 Å². The number of hydrogen-bond donors (Lipinski definition) is 1. The SMILES string of the molecule is Fc1cc(F)cc(-c2nn[nH]n2)c1. The quantitative estimate of drug-likeness (QED) is 0.719. The molecule has 13 heavy (non-hydrogen) atoms. The van der Waals surface area contributed by atoms with E-state index in [1.165, 1.54) is 0 Å². The summed E-state index contributed by atoms with van der Waals surface area (Å²) in [6.07, 6.45) is 0. The van der Waals surface area contributed by atoms with Gasteiger partial charge in [0, 0.05) is 11.6 Å². The molecule has 0 unspecified atom stereocenters. The van der Waals surface area contributed by atoms with Crippen molar-refractivity contribution < 1.29 is 8.78 Å². The molecule has 4 nitrogen and oxygen atoms in total. The predicted octanol–water partition coefficient (Wildman–Crippen LogP) is 1.14. The molecule has 1 aromatic heterocycles. The van der Waals surface area contributed by atoms with Crippen LogP contribution in [0.15, 0.2) is 18.2 Å². The first-order chi connectivity index (χ1) is 6.25. The van der Waals surface area contributed by atoms with E-state index in [1.54, 1.807) is 0 Å². The molecule has 0 spiro atoms. The van der Waals surface area contributed by atoms with Crippen molar-refractivity contribution in [3.05, 3.63) is 29.8 Å². The van der Waals surface area contributed by atoms with Crippen LogP contribution in [0.4, 0.5) is 8.78 Å². The Kier molecular flexibility index (Phi) is 1.73. The molecule has 0 saturated carbocycles. The molecule has 0 aliphatic rings. The first-order valence-electron chi connectivity index (χ1n) is 3.45. The Bertz CT molecular complexity index is 392. The molecule has 66 valence electrons. The number of tetrazole rings is 1. The Morgan fingerprint density at radius 3 is 2.31 bits per heavy atom. The Labute approximate surface area is 71.6 Å². The van der Waals surface area contributed by atoms with Crippen LogP contribution in [0, 0.1) is 11.6 Å². The molecule has 0 aliphatic heterocycles. The van der Waals surface area contributed by atoms with Crippen LogP contribution in [-0.4, -0.2) is 20.6 Å². The molecular formula is C7H4F2N4. The van der Waals surface area contributed by atoms with Crippen molar-refractivity contribution in [3.63, 3.8) is 0 Å². The summed E-state index contributed by atoms with van der Waals surface area (Å²) in [7, 11) is 0. The molecule has 0 atom stereocenters. The van der Waals surface area contributed by atoms with E-state index in [0.29, 0.717) is 0 Å². The van der Waals surface area contributed by atoms with Gasteiger partial charge in [-0.15, -0.1) is 10.2 Å². The maximum Gasteiger partial charge on any atom is 0.204 e. The maximum atomic E-state index is 12.7. The van der Waals surface area contributed by atoms with Gasteiger partial charge in [-0.3, -0.25) is 0 Å². The van der Waals surface area contributed by atoms with E-state index in [2.05, 4.69) is 20.6 Å². The molecule has 6 heteroatoms. The molecule has 2 aromatic rings. The number of nitrogens with zero attached hydrogens (tertiary/aromatic N) is 3. The van der Waals surface area contributed by atoms with Crippen molar-refractivity contribution in [3.8, 4) is 11.4 Å². The zero-order chi connectivity index (χ0) is 9.26. The van der Waals surface area contributed by atoms with Gasteiger partial charge < -0.3 is 0 Å². The van der Waals surface area contributed by atoms with E-state index in [-0.39, 0.29) is 11.4 Å². The molecule has 0 aliphatic carbocycles. The molecule has 1 N–H and O–H groups in total. The second-order valence-corrected chi connectivity index (χ2v) is 2.39. The second kappa shape index (κ2) is 2.89. The monoisotopic (exact) mass is 182 g/mol. The van der Waals surface area contributed by atoms with Crippen LogP contribution in [0.1, 0.15) is 0 Å². The third-order valence-corrected chi connectivity index (χ3v) is 1.47. The molecule has 0 radical (unpaired) electrons. The van der Waals surface area contributed by atoms with Gasteiger partial charge in [0.2, 0.25) is 5.82 Å². The first-order valence-corrected chi connectivity index (χ1v) is 3.45. The lowest BCUT2D eigenvalue weighted by Crippen LogP contribution is -1.85. The Balaban J connectivity index is 2.53. The lowest BCUT2D eigenvalue weighted by atomic mass is 10.2. The van der Waals surface area contributed by atoms with Crippen molar-refractivity contribution in [2.75, 3.05) is 0 Å². The van der Waals surface area contributed by atoms with E-state index in [4.69, 9.17) is 0 Å². The highest BCUT2D eigenvalue weighted by atomic mass is 19.1. The van der Waals surface area contributed by atoms with Gasteiger partial charge in [-0.05, 0) is 17.3 Å². The predicted molar refractivity (Wildman–Crippen MR) is 39.5 cm³/mol. The molecular weight excluding hydrogens is 178 g/mol. The number of hydrogen-bond acceptors (Lipinski definition) is 3. The lowest BCUT2D eigenvalue weighted by Gasteiger charge is -1.94. The molecule has 0 fully saturated rings. The van der Waals surface area contributed by atoms with Gasteiger partial charge in [0.25, 0.3) is 0 Å². The summed E-state index contributed by atoms with van der Waals surface area (Å²) in [4.78, 5) is 0. The highest BCUT2D eigenvalue weighted by Gasteiger charge is 2.06. The molecule has 1 heterocycles. The third-order valence-electron chi connectivity index (χ3n) is 1.47. The van der Waals surface area contributed by atoms with Gasteiger partial charge in [-0.1, -0.05) is 0 Å². The van der Waals surface area contributed by atoms with Crippen molar-refractivity contribution in [1.29, 1.82) is 0 Å². The van der Waals surface area contributed by atoms with Gasteiger partial charge in [0.1, 0.15) is 11.6 Å². The van der Waals surface area contributed by atoms with Crippen LogP contribution in [0.2, 0.25) is 0 Å². The highest BCUT2D eigenvalue weighted by Crippen LogP contribution is 2.16. The van der Waals surface area contributed by atoms with Crippen molar-refractivity contribution >= 4 is 0 Å². The standard InChI is InChI=1S/C7H4F2N4/c8-5-1-4(2-6(9)3-5)7-10-12-13-11-7/h1-3H,(H,10,11,12,13). The van der Waals surface area contributed by atoms with E-state index in [1.807, 2.05) is 0 Å². The van der Waals surface area contributed by atoms with Crippen LogP contribution in [-0.2, 0) is 0 Å². The highest BCUT2D eigenvalue weighted by molar-refractivity contribution is 5.53. The average molecular weight is 182 g/mol. The van der Waals surface area contributed by atoms with Gasteiger partial charge in [0.05, 0.1) is 0 Å². The number of halogens is 2. The van der Waals surface area contributed by atoms with Crippen molar-refractivity contribution in [2.24, 2.45) is 0 Å². The minimum Gasteiger partial charge on any atom is -0.207 e. The number of aromatic amines is 1. The van der Waals surface area contributed by atoms with Crippen LogP contribution in [0.3, 0.4) is 0 Å². The third kappa shape index (κ3) is 1.51. The Morgan fingerprint density at radius 2 is 1.77 bits per heavy atom. The summed E-state index contributed by atoms with van der Waals surface area (Å²) < 4.78 is 25.4.